The molecule has 0 bridgehead atoms. The monoisotopic (exact) mass is 401 g/mol. The molecule has 1 saturated carbocycles. The van der Waals surface area contributed by atoms with Crippen LogP contribution in [0.3, 0.4) is 0 Å². The highest BCUT2D eigenvalue weighted by Gasteiger charge is 2.58. The van der Waals surface area contributed by atoms with E-state index in [9.17, 15) is 34.5 Å². The van der Waals surface area contributed by atoms with E-state index >= 15 is 0 Å². The summed E-state index contributed by atoms with van der Waals surface area (Å²) in [7, 11) is 0. The second-order valence-electron chi connectivity index (χ2n) is 7.83. The number of hydrogen-bond donors (Lipinski definition) is 4. The van der Waals surface area contributed by atoms with E-state index < -0.39 is 58.7 Å². The smallest absolute Gasteiger partial charge is 0.343 e. The molecule has 1 aliphatic heterocycles. The van der Waals surface area contributed by atoms with Crippen molar-refractivity contribution in [2.24, 2.45) is 23.5 Å². The lowest BCUT2D eigenvalue weighted by Crippen LogP contribution is -2.52. The lowest BCUT2D eigenvalue weighted by atomic mass is 9.62. The maximum Gasteiger partial charge on any atom is 0.343 e. The Balaban J connectivity index is 1.79. The predicted octanol–water partition coefficient (Wildman–Crippen LogP) is 0.230. The fourth-order valence-corrected chi connectivity index (χ4v) is 4.84. The first kappa shape index (κ1) is 19.1. The van der Waals surface area contributed by atoms with Gasteiger partial charge in [0.05, 0.1) is 6.10 Å². The number of ketones is 2. The molecule has 29 heavy (non-hydrogen) atoms. The van der Waals surface area contributed by atoms with Crippen LogP contribution in [0.4, 0.5) is 0 Å². The summed E-state index contributed by atoms with van der Waals surface area (Å²) in [4.78, 5) is 49.0. The number of Topliss-reactive ketones (excluding diaryl/α,β-unsaturated/α-hetero) is 2. The average molecular weight is 401 g/mol. The summed E-state index contributed by atoms with van der Waals surface area (Å²) in [6, 6.07) is 4.41. The number of aromatic hydroxyl groups is 1. The molecule has 4 rings (SSSR count). The molecule has 9 heteroatoms. The fraction of sp³-hybridized carbons (Fsp3) is 0.400. The molecule has 1 fully saturated rings. The van der Waals surface area contributed by atoms with Crippen LogP contribution in [0.5, 0.6) is 5.75 Å². The molecule has 1 amide bonds. The maximum atomic E-state index is 12.8. The summed E-state index contributed by atoms with van der Waals surface area (Å²) >= 11 is 0. The maximum absolute atomic E-state index is 12.8. The van der Waals surface area contributed by atoms with Crippen LogP contribution >= 0.6 is 0 Å². The number of nitrogens with two attached hydrogens (primary N) is 1. The Bertz CT molecular complexity index is 1010. The van der Waals surface area contributed by atoms with E-state index in [0.29, 0.717) is 5.56 Å². The first-order valence-electron chi connectivity index (χ1n) is 9.10. The molecule has 152 valence electrons. The molecule has 5 N–H and O–H groups in total. The van der Waals surface area contributed by atoms with Gasteiger partial charge in [-0.15, -0.1) is 0 Å². The summed E-state index contributed by atoms with van der Waals surface area (Å²) in [6.45, 7) is 1.53. The molecule has 0 unspecified atom stereocenters. The summed E-state index contributed by atoms with van der Waals surface area (Å²) in [5.74, 6) is -7.68. The standard InChI is InChI=1S/C20H19NO8/c1-20(8-3-2-4-10(22)14(8)19(28)29-20)9-6-12(24)13-7(16(9)25)5-11(23)15(17(13)26)18(21)27/h2-4,7,9,15-16,22,25-26H,5-6H2,1H3,(H2,21,27)/t7-,9-,15-,16+,20+/m1/s1. The SMILES string of the molecule is C[C@]1([C@@H]2CC(=O)C3=C(O)[C@H](C(N)=O)C(=O)C[C@H]3[C@@H]2O)OC(=O)c2c(O)cccc21. The molecule has 5 atom stereocenters. The van der Waals surface area contributed by atoms with Gasteiger partial charge in [-0.25, -0.2) is 4.79 Å². The van der Waals surface area contributed by atoms with Crippen molar-refractivity contribution in [2.75, 3.05) is 0 Å². The highest BCUT2D eigenvalue weighted by atomic mass is 16.6. The van der Waals surface area contributed by atoms with Gasteiger partial charge in [-0.2, -0.15) is 0 Å². The zero-order valence-electron chi connectivity index (χ0n) is 15.4. The van der Waals surface area contributed by atoms with Crippen LogP contribution in [0.25, 0.3) is 0 Å². The number of aliphatic hydroxyl groups is 2. The summed E-state index contributed by atoms with van der Waals surface area (Å²) in [5.41, 5.74) is 3.86. The van der Waals surface area contributed by atoms with Crippen molar-refractivity contribution in [2.45, 2.75) is 31.5 Å². The molecule has 0 spiro atoms. The minimum absolute atomic E-state index is 0.0349. The molecule has 3 aliphatic rings. The predicted molar refractivity (Wildman–Crippen MR) is 95.4 cm³/mol. The van der Waals surface area contributed by atoms with Crippen molar-refractivity contribution in [3.05, 3.63) is 40.7 Å². The van der Waals surface area contributed by atoms with Crippen LogP contribution in [-0.4, -0.2) is 44.9 Å². The van der Waals surface area contributed by atoms with Crippen molar-refractivity contribution >= 4 is 23.4 Å². The van der Waals surface area contributed by atoms with Crippen LogP contribution in [0, 0.1) is 17.8 Å². The highest BCUT2D eigenvalue weighted by molar-refractivity contribution is 6.09. The number of rotatable bonds is 2. The summed E-state index contributed by atoms with van der Waals surface area (Å²) in [6.07, 6.45) is -1.98. The van der Waals surface area contributed by atoms with E-state index in [0.717, 1.165) is 0 Å². The van der Waals surface area contributed by atoms with Crippen molar-refractivity contribution in [1.29, 1.82) is 0 Å². The van der Waals surface area contributed by atoms with Gasteiger partial charge < -0.3 is 25.8 Å². The third-order valence-electron chi connectivity index (χ3n) is 6.27. The molecule has 1 aromatic rings. The fourth-order valence-electron chi connectivity index (χ4n) is 4.84. The topological polar surface area (TPSA) is 164 Å². The minimum atomic E-state index is -1.61. The van der Waals surface area contributed by atoms with Crippen molar-refractivity contribution in [1.82, 2.24) is 0 Å². The van der Waals surface area contributed by atoms with Gasteiger partial charge in [0.1, 0.15) is 22.7 Å². The van der Waals surface area contributed by atoms with Crippen LogP contribution in [0.15, 0.2) is 29.5 Å². The Morgan fingerprint density at radius 3 is 2.55 bits per heavy atom. The van der Waals surface area contributed by atoms with E-state index in [2.05, 4.69) is 0 Å². The Hall–Kier alpha value is -3.20. The Morgan fingerprint density at radius 2 is 1.90 bits per heavy atom. The second-order valence-corrected chi connectivity index (χ2v) is 7.83. The number of amides is 1. The highest BCUT2D eigenvalue weighted by Crippen LogP contribution is 2.52. The van der Waals surface area contributed by atoms with E-state index in [4.69, 9.17) is 10.5 Å². The Kier molecular flexibility index (Phi) is 4.06. The lowest BCUT2D eigenvalue weighted by molar-refractivity contribution is -0.142. The van der Waals surface area contributed by atoms with Gasteiger partial charge in [0.2, 0.25) is 5.91 Å². The number of fused-ring (bicyclic) bond motifs is 2. The number of carbonyl (C=O) groups is 4. The third kappa shape index (κ3) is 2.50. The zero-order valence-corrected chi connectivity index (χ0v) is 15.4. The number of benzene rings is 1. The molecule has 0 radical (unpaired) electrons. The Labute approximate surface area is 164 Å². The Morgan fingerprint density at radius 1 is 1.21 bits per heavy atom. The number of phenolic OH excluding ortho intramolecular Hbond substituents is 1. The van der Waals surface area contributed by atoms with Crippen molar-refractivity contribution < 1.29 is 39.2 Å². The lowest BCUT2D eigenvalue weighted by Gasteiger charge is -2.44. The van der Waals surface area contributed by atoms with E-state index in [-0.39, 0.29) is 29.7 Å². The summed E-state index contributed by atoms with van der Waals surface area (Å²) in [5, 5.41) is 31.4. The van der Waals surface area contributed by atoms with Crippen LogP contribution < -0.4 is 5.73 Å². The van der Waals surface area contributed by atoms with Crippen LogP contribution in [0.2, 0.25) is 0 Å². The van der Waals surface area contributed by atoms with Gasteiger partial charge in [-0.3, -0.25) is 14.4 Å². The second kappa shape index (κ2) is 6.15. The molecular weight excluding hydrogens is 382 g/mol. The van der Waals surface area contributed by atoms with Gasteiger partial charge in [-0.05, 0) is 13.0 Å². The zero-order chi connectivity index (χ0) is 21.2. The van der Waals surface area contributed by atoms with Crippen LogP contribution in [-0.2, 0) is 24.7 Å². The van der Waals surface area contributed by atoms with Crippen molar-refractivity contribution in [3.8, 4) is 5.75 Å². The number of cyclic esters (lactones) is 1. The molecule has 0 saturated heterocycles. The number of primary amides is 1. The quantitative estimate of drug-likeness (QED) is 0.404. The first-order valence-corrected chi connectivity index (χ1v) is 9.10. The van der Waals surface area contributed by atoms with Crippen molar-refractivity contribution in [3.63, 3.8) is 0 Å². The van der Waals surface area contributed by atoms with Gasteiger partial charge in [-0.1, -0.05) is 12.1 Å². The van der Waals surface area contributed by atoms with E-state index in [1.54, 1.807) is 6.07 Å². The number of phenols is 1. The molecule has 1 heterocycles. The number of esters is 1. The largest absolute Gasteiger partial charge is 0.511 e. The average Bonchev–Trinajstić information content (AvgIpc) is 2.90. The number of aliphatic hydroxyl groups excluding tert-OH is 2. The van der Waals surface area contributed by atoms with Gasteiger partial charge in [0, 0.05) is 35.8 Å². The number of ether oxygens (including phenoxy) is 1. The van der Waals surface area contributed by atoms with Gasteiger partial charge >= 0.3 is 5.97 Å². The third-order valence-corrected chi connectivity index (χ3v) is 6.27. The van der Waals surface area contributed by atoms with Crippen LogP contribution in [0.1, 0.15) is 35.7 Å². The molecule has 1 aromatic carbocycles. The number of carbonyl (C=O) groups excluding carboxylic acids is 4. The summed E-state index contributed by atoms with van der Waals surface area (Å²) < 4.78 is 5.50. The van der Waals surface area contributed by atoms with E-state index in [1.165, 1.54) is 19.1 Å². The van der Waals surface area contributed by atoms with E-state index in [1.807, 2.05) is 0 Å². The first-order chi connectivity index (χ1) is 13.6. The molecule has 2 aliphatic carbocycles. The van der Waals surface area contributed by atoms with Gasteiger partial charge in [0.15, 0.2) is 17.5 Å². The normalized spacial score (nSPS) is 33.9. The minimum Gasteiger partial charge on any atom is -0.511 e. The number of hydrogen-bond acceptors (Lipinski definition) is 8. The molecule has 0 aromatic heterocycles. The van der Waals surface area contributed by atoms with Gasteiger partial charge in [0.25, 0.3) is 0 Å². The molecular formula is C20H19NO8. The molecule has 9 nitrogen and oxygen atoms in total.